The summed E-state index contributed by atoms with van der Waals surface area (Å²) in [5.41, 5.74) is 0. The van der Waals surface area contributed by atoms with Crippen LogP contribution in [0.25, 0.3) is 0 Å². The van der Waals surface area contributed by atoms with Gasteiger partial charge >= 0.3 is 0 Å². The van der Waals surface area contributed by atoms with Crippen molar-refractivity contribution in [1.82, 2.24) is 4.90 Å². The Balaban J connectivity index is 0.00000180. The fourth-order valence-corrected chi connectivity index (χ4v) is 4.12. The Morgan fingerprint density at radius 1 is 1.11 bits per heavy atom. The van der Waals surface area contributed by atoms with Gasteiger partial charge in [0.2, 0.25) is 0 Å². The van der Waals surface area contributed by atoms with E-state index in [1.807, 2.05) is 13.0 Å². The fraction of sp³-hybridized carbons (Fsp3) is 0.571. The molecule has 1 aliphatic rings. The minimum Gasteiger partial charge on any atom is -0.300 e. The summed E-state index contributed by atoms with van der Waals surface area (Å²) < 4.78 is 24.5. The normalized spacial score (nSPS) is 18.6. The molecular formula is C14H22ClNO2S. The van der Waals surface area contributed by atoms with Crippen LogP contribution in [0.1, 0.15) is 26.2 Å². The average Bonchev–Trinajstić information content (AvgIpc) is 2.40. The van der Waals surface area contributed by atoms with Crippen LogP contribution in [0.4, 0.5) is 0 Å². The summed E-state index contributed by atoms with van der Waals surface area (Å²) in [6.07, 6.45) is 3.65. The zero-order valence-electron chi connectivity index (χ0n) is 11.3. The quantitative estimate of drug-likeness (QED) is 0.858. The first-order chi connectivity index (χ1) is 8.59. The molecule has 0 spiro atoms. The predicted octanol–water partition coefficient (Wildman–Crippen LogP) is 2.76. The van der Waals surface area contributed by atoms with Crippen molar-refractivity contribution in [2.75, 3.05) is 18.8 Å². The molecule has 108 valence electrons. The van der Waals surface area contributed by atoms with Gasteiger partial charge < -0.3 is 0 Å². The van der Waals surface area contributed by atoms with Crippen LogP contribution in [-0.2, 0) is 9.84 Å². The Morgan fingerprint density at radius 2 is 1.68 bits per heavy atom. The minimum atomic E-state index is -3.15. The van der Waals surface area contributed by atoms with Gasteiger partial charge in [-0.2, -0.15) is 0 Å². The molecular weight excluding hydrogens is 282 g/mol. The topological polar surface area (TPSA) is 37.4 Å². The zero-order valence-corrected chi connectivity index (χ0v) is 12.9. The number of nitrogens with zero attached hydrogens (tertiary/aromatic N) is 1. The lowest BCUT2D eigenvalue weighted by Crippen LogP contribution is -2.41. The van der Waals surface area contributed by atoms with Gasteiger partial charge in [-0.05, 0) is 45.0 Å². The first kappa shape index (κ1) is 16.5. The van der Waals surface area contributed by atoms with E-state index in [1.54, 1.807) is 24.3 Å². The molecule has 0 N–H and O–H groups in total. The molecule has 1 unspecified atom stereocenters. The number of benzene rings is 1. The molecule has 0 radical (unpaired) electrons. The molecule has 1 aromatic carbocycles. The molecule has 0 aromatic heterocycles. The number of rotatable bonds is 4. The Hall–Kier alpha value is -0.580. The van der Waals surface area contributed by atoms with E-state index < -0.39 is 9.84 Å². The van der Waals surface area contributed by atoms with E-state index in [0.717, 1.165) is 13.1 Å². The molecule has 19 heavy (non-hydrogen) atoms. The second-order valence-corrected chi connectivity index (χ2v) is 7.07. The van der Waals surface area contributed by atoms with Crippen LogP contribution in [0.2, 0.25) is 0 Å². The van der Waals surface area contributed by atoms with Crippen molar-refractivity contribution in [3.05, 3.63) is 30.3 Å². The maximum atomic E-state index is 12.3. The third-order valence-electron chi connectivity index (χ3n) is 3.58. The maximum absolute atomic E-state index is 12.3. The highest BCUT2D eigenvalue weighted by atomic mass is 35.5. The predicted molar refractivity (Wildman–Crippen MR) is 80.6 cm³/mol. The third kappa shape index (κ3) is 4.48. The maximum Gasteiger partial charge on any atom is 0.179 e. The van der Waals surface area contributed by atoms with Gasteiger partial charge in [0.25, 0.3) is 0 Å². The van der Waals surface area contributed by atoms with E-state index in [2.05, 4.69) is 4.90 Å². The molecule has 1 fully saturated rings. The van der Waals surface area contributed by atoms with Gasteiger partial charge in [0.1, 0.15) is 0 Å². The molecule has 3 nitrogen and oxygen atoms in total. The number of likely N-dealkylation sites (tertiary alicyclic amines) is 1. The van der Waals surface area contributed by atoms with E-state index in [1.165, 1.54) is 19.3 Å². The Bertz CT molecular complexity index is 469. The zero-order chi connectivity index (χ0) is 13.0. The van der Waals surface area contributed by atoms with Crippen molar-refractivity contribution in [1.29, 1.82) is 0 Å². The highest BCUT2D eigenvalue weighted by Gasteiger charge is 2.23. The summed E-state index contributed by atoms with van der Waals surface area (Å²) in [4.78, 5) is 2.73. The Morgan fingerprint density at radius 3 is 2.26 bits per heavy atom. The van der Waals surface area contributed by atoms with Crippen LogP contribution < -0.4 is 0 Å². The molecule has 0 amide bonds. The smallest absolute Gasteiger partial charge is 0.179 e. The SMILES string of the molecule is CC(CS(=O)(=O)c1ccccc1)N1CCCCC1.Cl. The highest BCUT2D eigenvalue weighted by Crippen LogP contribution is 2.17. The lowest BCUT2D eigenvalue weighted by molar-refractivity contribution is 0.186. The van der Waals surface area contributed by atoms with Crippen LogP contribution in [0.15, 0.2) is 35.2 Å². The standard InChI is InChI=1S/C14H21NO2S.ClH/c1-13(15-10-6-3-7-11-15)12-18(16,17)14-8-4-2-5-9-14;/h2,4-5,8-9,13H,3,6-7,10-12H2,1H3;1H. The van der Waals surface area contributed by atoms with Crippen molar-refractivity contribution in [2.45, 2.75) is 37.1 Å². The van der Waals surface area contributed by atoms with E-state index in [-0.39, 0.29) is 24.2 Å². The van der Waals surface area contributed by atoms with Crippen molar-refractivity contribution in [2.24, 2.45) is 0 Å². The highest BCUT2D eigenvalue weighted by molar-refractivity contribution is 7.91. The average molecular weight is 304 g/mol. The van der Waals surface area contributed by atoms with Gasteiger partial charge in [-0.15, -0.1) is 12.4 Å². The summed E-state index contributed by atoms with van der Waals surface area (Å²) in [5.74, 6) is 0.219. The minimum absolute atomic E-state index is 0. The lowest BCUT2D eigenvalue weighted by atomic mass is 10.1. The number of hydrogen-bond donors (Lipinski definition) is 0. The molecule has 1 atom stereocenters. The third-order valence-corrected chi connectivity index (χ3v) is 5.49. The van der Waals surface area contributed by atoms with Gasteiger partial charge in [-0.1, -0.05) is 24.6 Å². The van der Waals surface area contributed by atoms with E-state index in [4.69, 9.17) is 0 Å². The first-order valence-corrected chi connectivity index (χ1v) is 8.27. The number of sulfone groups is 1. The van der Waals surface area contributed by atoms with E-state index >= 15 is 0 Å². The summed E-state index contributed by atoms with van der Waals surface area (Å²) in [5, 5.41) is 0. The first-order valence-electron chi connectivity index (χ1n) is 6.61. The van der Waals surface area contributed by atoms with Crippen molar-refractivity contribution >= 4 is 22.2 Å². The van der Waals surface area contributed by atoms with Gasteiger partial charge in [0.15, 0.2) is 9.84 Å². The van der Waals surface area contributed by atoms with Crippen molar-refractivity contribution in [3.63, 3.8) is 0 Å². The Labute approximate surface area is 122 Å². The molecule has 2 rings (SSSR count). The van der Waals surface area contributed by atoms with E-state index in [9.17, 15) is 8.42 Å². The van der Waals surface area contributed by atoms with Gasteiger partial charge in [0.05, 0.1) is 10.6 Å². The number of piperidine rings is 1. The fourth-order valence-electron chi connectivity index (χ4n) is 2.51. The molecule has 0 aliphatic carbocycles. The second kappa shape index (κ2) is 7.27. The van der Waals surface area contributed by atoms with Crippen LogP contribution >= 0.6 is 12.4 Å². The summed E-state index contributed by atoms with van der Waals surface area (Å²) in [6, 6.07) is 8.86. The van der Waals surface area contributed by atoms with Gasteiger partial charge in [-0.3, -0.25) is 4.90 Å². The molecule has 1 saturated heterocycles. The largest absolute Gasteiger partial charge is 0.300 e. The molecule has 1 aromatic rings. The summed E-state index contributed by atoms with van der Waals surface area (Å²) in [7, 11) is -3.15. The van der Waals surface area contributed by atoms with Crippen molar-refractivity contribution in [3.8, 4) is 0 Å². The summed E-state index contributed by atoms with van der Waals surface area (Å²) in [6.45, 7) is 4.09. The number of halogens is 1. The van der Waals surface area contributed by atoms with Crippen LogP contribution in [-0.4, -0.2) is 38.2 Å². The van der Waals surface area contributed by atoms with Crippen LogP contribution in [0.3, 0.4) is 0 Å². The van der Waals surface area contributed by atoms with Crippen molar-refractivity contribution < 1.29 is 8.42 Å². The van der Waals surface area contributed by atoms with Crippen LogP contribution in [0.5, 0.6) is 0 Å². The molecule has 5 heteroatoms. The molecule has 0 bridgehead atoms. The van der Waals surface area contributed by atoms with E-state index in [0.29, 0.717) is 4.90 Å². The van der Waals surface area contributed by atoms with Gasteiger partial charge in [0, 0.05) is 6.04 Å². The summed E-state index contributed by atoms with van der Waals surface area (Å²) >= 11 is 0. The Kier molecular flexibility index (Phi) is 6.30. The molecule has 1 aliphatic heterocycles. The monoisotopic (exact) mass is 303 g/mol. The molecule has 1 heterocycles. The van der Waals surface area contributed by atoms with Crippen LogP contribution in [0, 0.1) is 0 Å². The number of hydrogen-bond acceptors (Lipinski definition) is 3. The second-order valence-electron chi connectivity index (χ2n) is 5.04. The molecule has 0 saturated carbocycles. The van der Waals surface area contributed by atoms with Gasteiger partial charge in [-0.25, -0.2) is 8.42 Å². The lowest BCUT2D eigenvalue weighted by Gasteiger charge is -2.32.